The van der Waals surface area contributed by atoms with Crippen LogP contribution in [-0.4, -0.2) is 19.9 Å². The van der Waals surface area contributed by atoms with E-state index in [1.165, 1.54) is 0 Å². The van der Waals surface area contributed by atoms with E-state index < -0.39 is 10.0 Å². The first kappa shape index (κ1) is 16.4. The van der Waals surface area contributed by atoms with Crippen molar-refractivity contribution in [1.29, 1.82) is 0 Å². The highest BCUT2D eigenvalue weighted by Gasteiger charge is 2.24. The van der Waals surface area contributed by atoms with Gasteiger partial charge in [0.15, 0.2) is 9.34 Å². The zero-order valence-electron chi connectivity index (χ0n) is 12.1. The second-order valence-corrected chi connectivity index (χ2v) is 8.42. The molecule has 3 N–H and O–H groups in total. The van der Waals surface area contributed by atoms with Gasteiger partial charge in [-0.3, -0.25) is 0 Å². The summed E-state index contributed by atoms with van der Waals surface area (Å²) >= 11 is 1.01. The lowest BCUT2D eigenvalue weighted by molar-refractivity contribution is 0.289. The van der Waals surface area contributed by atoms with Crippen molar-refractivity contribution in [3.8, 4) is 0 Å². The number of sulfonamides is 1. The molecule has 5 nitrogen and oxygen atoms in total. The molecule has 19 heavy (non-hydrogen) atoms. The molecule has 1 heterocycles. The molecule has 110 valence electrons. The number of thiazole rings is 1. The minimum absolute atomic E-state index is 0.219. The largest absolute Gasteiger partial charge is 0.375 e. The molecule has 0 aromatic carbocycles. The number of hydrogen-bond acceptors (Lipinski definition) is 5. The highest BCUT2D eigenvalue weighted by molar-refractivity contribution is 7.91. The standard InChI is InChI=1S/C12H23N3O2S2/c1-7(2)10(8(3)4)6-14-19(16,17)11-9(5)15-12(13)18-11/h7-8,10,14H,6H2,1-5H3,(H2,13,15). The number of nitrogens with two attached hydrogens (primary N) is 1. The summed E-state index contributed by atoms with van der Waals surface area (Å²) < 4.78 is 27.3. The van der Waals surface area contributed by atoms with Gasteiger partial charge in [0.2, 0.25) is 0 Å². The molecular formula is C12H23N3O2S2. The Balaban J connectivity index is 2.84. The zero-order chi connectivity index (χ0) is 14.8. The lowest BCUT2D eigenvalue weighted by Gasteiger charge is -2.24. The Morgan fingerprint density at radius 3 is 2.16 bits per heavy atom. The van der Waals surface area contributed by atoms with E-state index in [1.807, 2.05) is 0 Å². The van der Waals surface area contributed by atoms with E-state index in [-0.39, 0.29) is 9.34 Å². The lowest BCUT2D eigenvalue weighted by atomic mass is 9.86. The van der Waals surface area contributed by atoms with E-state index in [0.29, 0.717) is 30.0 Å². The quantitative estimate of drug-likeness (QED) is 0.844. The molecule has 0 unspecified atom stereocenters. The van der Waals surface area contributed by atoms with Crippen LogP contribution in [0.2, 0.25) is 0 Å². The van der Waals surface area contributed by atoms with Crippen LogP contribution >= 0.6 is 11.3 Å². The van der Waals surface area contributed by atoms with Gasteiger partial charge < -0.3 is 5.73 Å². The van der Waals surface area contributed by atoms with Crippen molar-refractivity contribution in [3.63, 3.8) is 0 Å². The van der Waals surface area contributed by atoms with E-state index in [4.69, 9.17) is 5.73 Å². The van der Waals surface area contributed by atoms with Crippen LogP contribution in [0.5, 0.6) is 0 Å². The van der Waals surface area contributed by atoms with Gasteiger partial charge in [0.25, 0.3) is 10.0 Å². The third-order valence-electron chi connectivity index (χ3n) is 3.24. The summed E-state index contributed by atoms with van der Waals surface area (Å²) in [7, 11) is -3.51. The predicted molar refractivity (Wildman–Crippen MR) is 79.6 cm³/mol. The smallest absolute Gasteiger partial charge is 0.252 e. The van der Waals surface area contributed by atoms with E-state index in [9.17, 15) is 8.42 Å². The third-order valence-corrected chi connectivity index (χ3v) is 6.26. The van der Waals surface area contributed by atoms with Crippen LogP contribution < -0.4 is 10.5 Å². The van der Waals surface area contributed by atoms with Gasteiger partial charge in [-0.05, 0) is 24.7 Å². The Morgan fingerprint density at radius 2 is 1.79 bits per heavy atom. The number of aryl methyl sites for hydroxylation is 1. The van der Waals surface area contributed by atoms with Crippen LogP contribution in [0.1, 0.15) is 33.4 Å². The first-order valence-electron chi connectivity index (χ1n) is 6.37. The topological polar surface area (TPSA) is 85.1 Å². The van der Waals surface area contributed by atoms with Crippen LogP contribution in [-0.2, 0) is 10.0 Å². The summed E-state index contributed by atoms with van der Waals surface area (Å²) in [5.41, 5.74) is 6.00. The Labute approximate surface area is 119 Å². The molecule has 0 saturated heterocycles. The van der Waals surface area contributed by atoms with Gasteiger partial charge >= 0.3 is 0 Å². The van der Waals surface area contributed by atoms with Crippen molar-refractivity contribution in [1.82, 2.24) is 9.71 Å². The fourth-order valence-electron chi connectivity index (χ4n) is 2.16. The summed E-state index contributed by atoms with van der Waals surface area (Å²) in [6, 6.07) is 0. The molecule has 0 bridgehead atoms. The third kappa shape index (κ3) is 4.15. The lowest BCUT2D eigenvalue weighted by Crippen LogP contribution is -2.33. The maximum absolute atomic E-state index is 12.2. The molecule has 1 aromatic rings. The van der Waals surface area contributed by atoms with Crippen molar-refractivity contribution >= 4 is 26.5 Å². The monoisotopic (exact) mass is 305 g/mol. The van der Waals surface area contributed by atoms with Crippen LogP contribution in [0.15, 0.2) is 4.21 Å². The van der Waals surface area contributed by atoms with Crippen molar-refractivity contribution in [2.75, 3.05) is 12.3 Å². The van der Waals surface area contributed by atoms with E-state index in [1.54, 1.807) is 6.92 Å². The van der Waals surface area contributed by atoms with Gasteiger partial charge in [0.1, 0.15) is 0 Å². The van der Waals surface area contributed by atoms with Crippen LogP contribution in [0.3, 0.4) is 0 Å². The molecule has 0 atom stereocenters. The Morgan fingerprint density at radius 1 is 1.26 bits per heavy atom. The maximum atomic E-state index is 12.2. The number of anilines is 1. The van der Waals surface area contributed by atoms with Crippen molar-refractivity contribution < 1.29 is 8.42 Å². The van der Waals surface area contributed by atoms with Gasteiger partial charge in [-0.15, -0.1) is 0 Å². The zero-order valence-corrected chi connectivity index (χ0v) is 13.7. The van der Waals surface area contributed by atoms with Gasteiger partial charge in [-0.1, -0.05) is 39.0 Å². The molecule has 0 aliphatic heterocycles. The van der Waals surface area contributed by atoms with E-state index in [2.05, 4.69) is 37.4 Å². The number of hydrogen-bond donors (Lipinski definition) is 2. The molecule has 7 heteroatoms. The molecule has 1 rings (SSSR count). The normalized spacial score (nSPS) is 12.8. The second-order valence-electron chi connectivity index (χ2n) is 5.43. The summed E-state index contributed by atoms with van der Waals surface area (Å²) in [5.74, 6) is 1.16. The van der Waals surface area contributed by atoms with Crippen molar-refractivity contribution in [3.05, 3.63) is 5.69 Å². The maximum Gasteiger partial charge on any atom is 0.252 e. The summed E-state index contributed by atoms with van der Waals surface area (Å²) in [6.45, 7) is 10.5. The molecule has 0 spiro atoms. The molecule has 0 fully saturated rings. The molecule has 0 amide bonds. The fourth-order valence-corrected chi connectivity index (χ4v) is 4.58. The number of rotatable bonds is 6. The molecule has 0 aliphatic rings. The van der Waals surface area contributed by atoms with Gasteiger partial charge in [0.05, 0.1) is 5.69 Å². The molecule has 0 aliphatic carbocycles. The van der Waals surface area contributed by atoms with Gasteiger partial charge in [-0.25, -0.2) is 18.1 Å². The van der Waals surface area contributed by atoms with Gasteiger partial charge in [0, 0.05) is 6.54 Å². The summed E-state index contributed by atoms with van der Waals surface area (Å²) in [6.07, 6.45) is 0. The Bertz CT molecular complexity index is 513. The number of nitrogen functional groups attached to an aromatic ring is 1. The Hall–Kier alpha value is -0.660. The highest BCUT2D eigenvalue weighted by Crippen LogP contribution is 2.26. The number of nitrogens with zero attached hydrogens (tertiary/aromatic N) is 1. The SMILES string of the molecule is Cc1nc(N)sc1S(=O)(=O)NCC(C(C)C)C(C)C. The first-order chi connectivity index (χ1) is 8.65. The second kappa shape index (κ2) is 6.19. The Kier molecular flexibility index (Phi) is 5.34. The summed E-state index contributed by atoms with van der Waals surface area (Å²) in [5, 5.41) is 0.280. The van der Waals surface area contributed by atoms with E-state index in [0.717, 1.165) is 11.3 Å². The number of nitrogens with one attached hydrogen (secondary N) is 1. The van der Waals surface area contributed by atoms with Crippen LogP contribution in [0.4, 0.5) is 5.13 Å². The van der Waals surface area contributed by atoms with E-state index >= 15 is 0 Å². The predicted octanol–water partition coefficient (Wildman–Crippen LogP) is 2.24. The molecule has 0 radical (unpaired) electrons. The average molecular weight is 305 g/mol. The summed E-state index contributed by atoms with van der Waals surface area (Å²) in [4.78, 5) is 3.95. The molecule has 0 saturated carbocycles. The highest BCUT2D eigenvalue weighted by atomic mass is 32.2. The first-order valence-corrected chi connectivity index (χ1v) is 8.67. The molecular weight excluding hydrogens is 282 g/mol. The minimum atomic E-state index is -3.51. The minimum Gasteiger partial charge on any atom is -0.375 e. The van der Waals surface area contributed by atoms with Crippen LogP contribution in [0, 0.1) is 24.7 Å². The fraction of sp³-hybridized carbons (Fsp3) is 0.750. The van der Waals surface area contributed by atoms with Crippen LogP contribution in [0.25, 0.3) is 0 Å². The van der Waals surface area contributed by atoms with Crippen molar-refractivity contribution in [2.45, 2.75) is 38.8 Å². The average Bonchev–Trinajstić information content (AvgIpc) is 2.57. The van der Waals surface area contributed by atoms with Crippen molar-refractivity contribution in [2.24, 2.45) is 17.8 Å². The molecule has 1 aromatic heterocycles. The van der Waals surface area contributed by atoms with Gasteiger partial charge in [-0.2, -0.15) is 0 Å². The number of aromatic nitrogens is 1.